The zero-order valence-corrected chi connectivity index (χ0v) is 13.0. The Labute approximate surface area is 121 Å². The molecule has 0 spiro atoms. The van der Waals surface area contributed by atoms with Crippen molar-refractivity contribution in [1.82, 2.24) is 10.2 Å². The van der Waals surface area contributed by atoms with Crippen molar-refractivity contribution in [3.05, 3.63) is 0 Å². The molecule has 0 aromatic carbocycles. The van der Waals surface area contributed by atoms with E-state index < -0.39 is 5.97 Å². The molecule has 0 saturated heterocycles. The average Bonchev–Trinajstić information content (AvgIpc) is 2.34. The summed E-state index contributed by atoms with van der Waals surface area (Å²) in [5, 5.41) is 11.7. The molecule has 0 radical (unpaired) electrons. The van der Waals surface area contributed by atoms with E-state index in [2.05, 4.69) is 5.32 Å². The fourth-order valence-corrected chi connectivity index (χ4v) is 1.97. The zero-order chi connectivity index (χ0) is 15.5. The molecule has 2 amide bonds. The van der Waals surface area contributed by atoms with E-state index in [0.29, 0.717) is 32.2 Å². The largest absolute Gasteiger partial charge is 0.481 e. The lowest BCUT2D eigenvalue weighted by molar-refractivity contribution is -0.138. The van der Waals surface area contributed by atoms with Crippen molar-refractivity contribution in [3.63, 3.8) is 0 Å². The van der Waals surface area contributed by atoms with Gasteiger partial charge in [0.05, 0.1) is 6.61 Å². The van der Waals surface area contributed by atoms with E-state index in [0.717, 1.165) is 6.42 Å². The Balaban J connectivity index is 4.11. The minimum absolute atomic E-state index is 0.0308. The summed E-state index contributed by atoms with van der Waals surface area (Å²) in [4.78, 5) is 24.2. The molecule has 0 aliphatic carbocycles. The predicted molar refractivity (Wildman–Crippen MR) is 77.7 cm³/mol. The number of ether oxygens (including phenoxy) is 1. The van der Waals surface area contributed by atoms with Crippen molar-refractivity contribution in [3.8, 4) is 0 Å². The number of aliphatic carboxylic acids is 1. The Hall–Kier alpha value is -1.30. The van der Waals surface area contributed by atoms with E-state index in [1.807, 2.05) is 20.8 Å². The number of nitrogens with zero attached hydrogens (tertiary/aromatic N) is 1. The molecule has 2 N–H and O–H groups in total. The summed E-state index contributed by atoms with van der Waals surface area (Å²) in [6.07, 6.45) is 0.871. The molecule has 118 valence electrons. The minimum Gasteiger partial charge on any atom is -0.481 e. The Kier molecular flexibility index (Phi) is 9.80. The standard InChI is InChI=1S/C14H28N2O4/c1-5-20-7-6-16(4)14(19)15-10-12(8-11(2)3)9-13(17)18/h11-12H,5-10H2,1-4H3,(H,15,19)(H,17,18). The number of carboxylic acids is 1. The van der Waals surface area contributed by atoms with Crippen molar-refractivity contribution in [2.45, 2.75) is 33.6 Å². The Morgan fingerprint density at radius 2 is 2.00 bits per heavy atom. The molecule has 0 rings (SSSR count). The van der Waals surface area contributed by atoms with Gasteiger partial charge in [0.25, 0.3) is 0 Å². The van der Waals surface area contributed by atoms with E-state index >= 15 is 0 Å². The van der Waals surface area contributed by atoms with Crippen LogP contribution in [0.1, 0.15) is 33.6 Å². The molecule has 1 unspecified atom stereocenters. The molecule has 6 heteroatoms. The van der Waals surface area contributed by atoms with Gasteiger partial charge in [0.1, 0.15) is 0 Å². The maximum Gasteiger partial charge on any atom is 0.317 e. The number of likely N-dealkylation sites (N-methyl/N-ethyl adjacent to an activating group) is 1. The van der Waals surface area contributed by atoms with Gasteiger partial charge < -0.3 is 20.1 Å². The van der Waals surface area contributed by atoms with Crippen LogP contribution in [0.2, 0.25) is 0 Å². The summed E-state index contributed by atoms with van der Waals surface area (Å²) in [6.45, 7) is 8.05. The fraction of sp³-hybridized carbons (Fsp3) is 0.857. The zero-order valence-electron chi connectivity index (χ0n) is 13.0. The van der Waals surface area contributed by atoms with Crippen molar-refractivity contribution < 1.29 is 19.4 Å². The van der Waals surface area contributed by atoms with Crippen molar-refractivity contribution >= 4 is 12.0 Å². The van der Waals surface area contributed by atoms with Crippen molar-refractivity contribution in [1.29, 1.82) is 0 Å². The van der Waals surface area contributed by atoms with E-state index in [4.69, 9.17) is 9.84 Å². The molecule has 0 saturated carbocycles. The first-order valence-corrected chi connectivity index (χ1v) is 7.15. The number of carbonyl (C=O) groups excluding carboxylic acids is 1. The molecule has 0 fully saturated rings. The van der Waals surface area contributed by atoms with Gasteiger partial charge in [-0.25, -0.2) is 4.79 Å². The van der Waals surface area contributed by atoms with Gasteiger partial charge in [-0.1, -0.05) is 13.8 Å². The van der Waals surface area contributed by atoms with Gasteiger partial charge in [-0.15, -0.1) is 0 Å². The van der Waals surface area contributed by atoms with Crippen LogP contribution in [0.15, 0.2) is 0 Å². The third-order valence-corrected chi connectivity index (χ3v) is 2.93. The number of amides is 2. The first-order valence-electron chi connectivity index (χ1n) is 7.15. The van der Waals surface area contributed by atoms with Crippen LogP contribution >= 0.6 is 0 Å². The van der Waals surface area contributed by atoms with Crippen molar-refractivity contribution in [2.24, 2.45) is 11.8 Å². The summed E-state index contributed by atoms with van der Waals surface area (Å²) < 4.78 is 5.19. The predicted octanol–water partition coefficient (Wildman–Crippen LogP) is 1.80. The van der Waals surface area contributed by atoms with Crippen LogP contribution in [-0.4, -0.2) is 55.4 Å². The lowest BCUT2D eigenvalue weighted by Crippen LogP contribution is -2.41. The van der Waals surface area contributed by atoms with Crippen LogP contribution in [0.3, 0.4) is 0 Å². The quantitative estimate of drug-likeness (QED) is 0.601. The number of hydrogen-bond donors (Lipinski definition) is 2. The highest BCUT2D eigenvalue weighted by Gasteiger charge is 2.17. The number of rotatable bonds is 10. The van der Waals surface area contributed by atoms with Crippen LogP contribution in [0.4, 0.5) is 4.79 Å². The van der Waals surface area contributed by atoms with Gasteiger partial charge >= 0.3 is 12.0 Å². The summed E-state index contributed by atoms with van der Waals surface area (Å²) in [6, 6.07) is -0.191. The second kappa shape index (κ2) is 10.5. The SMILES string of the molecule is CCOCCN(C)C(=O)NCC(CC(=O)O)CC(C)C. The van der Waals surface area contributed by atoms with E-state index in [1.54, 1.807) is 11.9 Å². The highest BCUT2D eigenvalue weighted by Crippen LogP contribution is 2.14. The van der Waals surface area contributed by atoms with E-state index in [9.17, 15) is 9.59 Å². The minimum atomic E-state index is -0.824. The molecular formula is C14H28N2O4. The number of urea groups is 1. The number of hydrogen-bond acceptors (Lipinski definition) is 3. The molecule has 1 atom stereocenters. The van der Waals surface area contributed by atoms with Gasteiger partial charge in [0.2, 0.25) is 0 Å². The molecule has 0 aromatic heterocycles. The van der Waals surface area contributed by atoms with Gasteiger partial charge in [0.15, 0.2) is 0 Å². The van der Waals surface area contributed by atoms with Crippen LogP contribution in [-0.2, 0) is 9.53 Å². The lowest BCUT2D eigenvalue weighted by Gasteiger charge is -2.21. The third kappa shape index (κ3) is 9.61. The fourth-order valence-electron chi connectivity index (χ4n) is 1.97. The first-order chi connectivity index (χ1) is 9.36. The van der Waals surface area contributed by atoms with Gasteiger partial charge in [0, 0.05) is 33.2 Å². The summed E-state index contributed by atoms with van der Waals surface area (Å²) >= 11 is 0. The van der Waals surface area contributed by atoms with Crippen LogP contribution < -0.4 is 5.32 Å². The molecule has 0 aliphatic heterocycles. The second-order valence-electron chi connectivity index (χ2n) is 5.40. The molecule has 0 aromatic rings. The number of nitrogens with one attached hydrogen (secondary N) is 1. The topological polar surface area (TPSA) is 78.9 Å². The number of carboxylic acid groups (broad SMARTS) is 1. The van der Waals surface area contributed by atoms with Crippen LogP contribution in [0.25, 0.3) is 0 Å². The average molecular weight is 288 g/mol. The Morgan fingerprint density at radius 3 is 2.50 bits per heavy atom. The van der Waals surface area contributed by atoms with E-state index in [-0.39, 0.29) is 18.4 Å². The first kappa shape index (κ1) is 18.7. The van der Waals surface area contributed by atoms with Gasteiger partial charge in [-0.3, -0.25) is 4.79 Å². The van der Waals surface area contributed by atoms with Gasteiger partial charge in [-0.2, -0.15) is 0 Å². The Morgan fingerprint density at radius 1 is 1.35 bits per heavy atom. The highest BCUT2D eigenvalue weighted by molar-refractivity contribution is 5.74. The lowest BCUT2D eigenvalue weighted by atomic mass is 9.94. The van der Waals surface area contributed by atoms with E-state index in [1.165, 1.54) is 0 Å². The summed E-state index contributed by atoms with van der Waals surface area (Å²) in [5.41, 5.74) is 0. The summed E-state index contributed by atoms with van der Waals surface area (Å²) in [7, 11) is 1.70. The second-order valence-corrected chi connectivity index (χ2v) is 5.40. The normalized spacial score (nSPS) is 12.2. The molecule has 20 heavy (non-hydrogen) atoms. The molecule has 0 bridgehead atoms. The van der Waals surface area contributed by atoms with Gasteiger partial charge in [-0.05, 0) is 25.2 Å². The Bertz CT molecular complexity index is 295. The molecule has 0 aliphatic rings. The monoisotopic (exact) mass is 288 g/mol. The molecule has 0 heterocycles. The smallest absolute Gasteiger partial charge is 0.317 e. The third-order valence-electron chi connectivity index (χ3n) is 2.93. The maximum atomic E-state index is 11.8. The number of carbonyl (C=O) groups is 2. The molecular weight excluding hydrogens is 260 g/mol. The highest BCUT2D eigenvalue weighted by atomic mass is 16.5. The van der Waals surface area contributed by atoms with Crippen LogP contribution in [0, 0.1) is 11.8 Å². The van der Waals surface area contributed by atoms with Crippen molar-refractivity contribution in [2.75, 3.05) is 33.4 Å². The summed E-state index contributed by atoms with van der Waals surface area (Å²) in [5.74, 6) is -0.446. The van der Waals surface area contributed by atoms with Crippen LogP contribution in [0.5, 0.6) is 0 Å². The maximum absolute atomic E-state index is 11.8. The molecule has 6 nitrogen and oxygen atoms in total.